The normalized spacial score (nSPS) is 11.3. The third-order valence-electron chi connectivity index (χ3n) is 5.51. The van der Waals surface area contributed by atoms with E-state index in [0.717, 1.165) is 31.3 Å². The average molecular weight is 471 g/mol. The molecule has 0 aliphatic rings. The van der Waals surface area contributed by atoms with Crippen LogP contribution in [0.1, 0.15) is 88.0 Å². The predicted molar refractivity (Wildman–Crippen MR) is 134 cm³/mol. The monoisotopic (exact) mass is 470 g/mol. The van der Waals surface area contributed by atoms with E-state index in [0.29, 0.717) is 0 Å². The molecule has 0 fully saturated rings. The van der Waals surface area contributed by atoms with Crippen LogP contribution in [0.3, 0.4) is 0 Å². The summed E-state index contributed by atoms with van der Waals surface area (Å²) < 4.78 is 0. The van der Waals surface area contributed by atoms with Crippen molar-refractivity contribution in [3.05, 3.63) is 94.0 Å². The number of hydrogen-bond donors (Lipinski definition) is 0. The molecule has 0 heterocycles. The van der Waals surface area contributed by atoms with Crippen molar-refractivity contribution in [1.82, 2.24) is 0 Å². The maximum atomic E-state index is 9.00. The van der Waals surface area contributed by atoms with Gasteiger partial charge in [0, 0.05) is 16.5 Å². The van der Waals surface area contributed by atoms with Crippen molar-refractivity contribution in [3.63, 3.8) is 0 Å². The molecule has 0 bridgehead atoms. The summed E-state index contributed by atoms with van der Waals surface area (Å²) in [4.78, 5) is 3.12. The van der Waals surface area contributed by atoms with E-state index in [1.54, 1.807) is 0 Å². The molecule has 0 saturated heterocycles. The zero-order valence-corrected chi connectivity index (χ0v) is 20.7. The third kappa shape index (κ3) is 8.98. The molecule has 0 aromatic heterocycles. The standard InChI is InChI=1S/C29H36N2.Ni/c1-4-7-9-10-13-25-14-11-16-28(23-25)29(26(15-8-5-2)21-22-31-30)27-19-17-24(12-6-3)18-20-27;/h6,11-12,14,16-21,23H,4-5,7-10,13,15H2,1-3H3;. The van der Waals surface area contributed by atoms with Gasteiger partial charge in [0.2, 0.25) is 0 Å². The maximum absolute atomic E-state index is 9.00. The van der Waals surface area contributed by atoms with Gasteiger partial charge in [-0.05, 0) is 66.0 Å². The summed E-state index contributed by atoms with van der Waals surface area (Å²) in [6.45, 7) is 6.48. The van der Waals surface area contributed by atoms with Crippen LogP contribution in [0.15, 0.2) is 66.3 Å². The molecule has 32 heavy (non-hydrogen) atoms. The zero-order chi connectivity index (χ0) is 22.3. The molecule has 0 aliphatic carbocycles. The van der Waals surface area contributed by atoms with E-state index in [9.17, 15) is 0 Å². The number of aryl methyl sites for hydroxylation is 1. The van der Waals surface area contributed by atoms with Gasteiger partial charge in [-0.1, -0.05) is 100 Å². The van der Waals surface area contributed by atoms with Gasteiger partial charge in [0.15, 0.2) is 0 Å². The van der Waals surface area contributed by atoms with Crippen LogP contribution in [0.4, 0.5) is 0 Å². The Hall–Kier alpha value is -2.43. The molecule has 0 spiro atoms. The Morgan fingerprint density at radius 2 is 1.69 bits per heavy atom. The van der Waals surface area contributed by atoms with Crippen LogP contribution in [0.5, 0.6) is 0 Å². The fourth-order valence-corrected chi connectivity index (χ4v) is 3.87. The third-order valence-corrected chi connectivity index (χ3v) is 5.51. The van der Waals surface area contributed by atoms with Gasteiger partial charge < -0.3 is 5.53 Å². The number of hydrogen-bond acceptors (Lipinski definition) is 0. The van der Waals surface area contributed by atoms with Gasteiger partial charge in [-0.15, -0.1) is 4.79 Å². The molecule has 0 atom stereocenters. The Morgan fingerprint density at radius 1 is 0.938 bits per heavy atom. The second-order valence-electron chi connectivity index (χ2n) is 8.01. The second kappa shape index (κ2) is 16.2. The van der Waals surface area contributed by atoms with Gasteiger partial charge in [0.05, 0.1) is 6.08 Å². The Balaban J connectivity index is 0.00000512. The minimum atomic E-state index is 0. The molecule has 0 saturated carbocycles. The first kappa shape index (κ1) is 27.6. The summed E-state index contributed by atoms with van der Waals surface area (Å²) in [6, 6.07) is 17.6. The van der Waals surface area contributed by atoms with Gasteiger partial charge in [-0.25, -0.2) is 0 Å². The number of nitrogens with zero attached hydrogens (tertiary/aromatic N) is 2. The van der Waals surface area contributed by atoms with Crippen molar-refractivity contribution in [2.24, 2.45) is 0 Å². The first-order valence-electron chi connectivity index (χ1n) is 11.7. The molecule has 0 N–H and O–H groups in total. The molecular formula is C29H36N2Ni. The molecule has 3 heteroatoms. The molecule has 0 amide bonds. The van der Waals surface area contributed by atoms with Gasteiger partial charge in [0.1, 0.15) is 0 Å². The Kier molecular flexibility index (Phi) is 14.0. The van der Waals surface area contributed by atoms with E-state index in [1.807, 2.05) is 13.0 Å². The molecule has 0 aliphatic heterocycles. The van der Waals surface area contributed by atoms with Crippen LogP contribution in [0.25, 0.3) is 17.2 Å². The van der Waals surface area contributed by atoms with Crippen molar-refractivity contribution in [2.45, 2.75) is 72.1 Å². The van der Waals surface area contributed by atoms with Crippen LogP contribution < -0.4 is 0 Å². The molecule has 2 nitrogen and oxygen atoms in total. The van der Waals surface area contributed by atoms with Gasteiger partial charge in [-0.2, -0.15) is 0 Å². The van der Waals surface area contributed by atoms with Crippen molar-refractivity contribution in [3.8, 4) is 0 Å². The van der Waals surface area contributed by atoms with E-state index in [-0.39, 0.29) is 16.5 Å². The first-order chi connectivity index (χ1) is 15.2. The van der Waals surface area contributed by atoms with Crippen molar-refractivity contribution < 1.29 is 21.3 Å². The van der Waals surface area contributed by atoms with Crippen LogP contribution in [0.2, 0.25) is 0 Å². The van der Waals surface area contributed by atoms with Crippen LogP contribution in [-0.4, -0.2) is 10.7 Å². The average Bonchev–Trinajstić information content (AvgIpc) is 2.80. The number of benzene rings is 2. The van der Waals surface area contributed by atoms with E-state index < -0.39 is 0 Å². The molecule has 0 unspecified atom stereocenters. The quantitative estimate of drug-likeness (QED) is 0.0746. The summed E-state index contributed by atoms with van der Waals surface area (Å²) in [5.41, 5.74) is 16.3. The predicted octanol–water partition coefficient (Wildman–Crippen LogP) is 8.29. The van der Waals surface area contributed by atoms with Crippen LogP contribution >= 0.6 is 0 Å². The minimum absolute atomic E-state index is 0. The van der Waals surface area contributed by atoms with E-state index in [1.165, 1.54) is 53.5 Å². The maximum Gasteiger partial charge on any atom is 0.299 e. The van der Waals surface area contributed by atoms with E-state index in [2.05, 4.69) is 85.2 Å². The Labute approximate surface area is 204 Å². The van der Waals surface area contributed by atoms with Crippen molar-refractivity contribution in [2.75, 3.05) is 0 Å². The SMILES string of the molecule is CC=Cc1ccc(C(=C(C=C=[N+]=[N-])CCCC)c2cccc(CCCCCC)c2)cc1.[Ni]. The summed E-state index contributed by atoms with van der Waals surface area (Å²) in [5, 5.41) is 0. The molecule has 2 aromatic rings. The largest absolute Gasteiger partial charge is 0.348 e. The molecule has 0 radical (unpaired) electrons. The van der Waals surface area contributed by atoms with E-state index >= 15 is 0 Å². The fraction of sp³-hybridized carbons (Fsp3) is 0.379. The van der Waals surface area contributed by atoms with Crippen molar-refractivity contribution >= 4 is 17.5 Å². The summed E-state index contributed by atoms with van der Waals surface area (Å²) in [5.74, 6) is 2.66. The number of unbranched alkanes of at least 4 members (excludes halogenated alkanes) is 4. The van der Waals surface area contributed by atoms with Crippen LogP contribution in [-0.2, 0) is 22.9 Å². The summed E-state index contributed by atoms with van der Waals surface area (Å²) in [6.07, 6.45) is 15.3. The Morgan fingerprint density at radius 3 is 2.34 bits per heavy atom. The second-order valence-corrected chi connectivity index (χ2v) is 8.01. The smallest absolute Gasteiger partial charge is 0.299 e. The molecule has 2 rings (SSSR count). The fourth-order valence-electron chi connectivity index (χ4n) is 3.87. The molecule has 2 aromatic carbocycles. The van der Waals surface area contributed by atoms with Gasteiger partial charge in [0.25, 0.3) is 5.87 Å². The summed E-state index contributed by atoms with van der Waals surface area (Å²) in [7, 11) is 0. The Bertz CT molecular complexity index is 957. The van der Waals surface area contributed by atoms with Gasteiger partial charge >= 0.3 is 0 Å². The number of rotatable bonds is 12. The molecular weight excluding hydrogens is 435 g/mol. The zero-order valence-electron chi connectivity index (χ0n) is 19.7. The topological polar surface area (TPSA) is 36.4 Å². The molecule has 172 valence electrons. The minimum Gasteiger partial charge on any atom is -0.348 e. The van der Waals surface area contributed by atoms with E-state index in [4.69, 9.17) is 5.53 Å². The van der Waals surface area contributed by atoms with Crippen LogP contribution in [0, 0.1) is 0 Å². The van der Waals surface area contributed by atoms with Gasteiger partial charge in [-0.3, -0.25) is 0 Å². The first-order valence-corrected chi connectivity index (χ1v) is 11.7. The van der Waals surface area contributed by atoms with Crippen molar-refractivity contribution in [1.29, 1.82) is 0 Å². The number of allylic oxidation sites excluding steroid dienone is 3. The summed E-state index contributed by atoms with van der Waals surface area (Å²) >= 11 is 0.